The topological polar surface area (TPSA) is 41.5 Å². The first kappa shape index (κ1) is 21.0. The second kappa shape index (κ2) is 7.57. The van der Waals surface area contributed by atoms with E-state index >= 15 is 0 Å². The summed E-state index contributed by atoms with van der Waals surface area (Å²) in [6.07, 6.45) is 0.989. The number of hydrazone groups is 1. The highest BCUT2D eigenvalue weighted by Gasteiger charge is 2.44. The van der Waals surface area contributed by atoms with Crippen molar-refractivity contribution in [1.29, 1.82) is 0 Å². The molecule has 8 heteroatoms. The molecule has 0 heterocycles. The Labute approximate surface area is 164 Å². The van der Waals surface area contributed by atoms with Gasteiger partial charge in [-0.1, -0.05) is 45.0 Å². The summed E-state index contributed by atoms with van der Waals surface area (Å²) in [5.74, 6) is -11.3. The van der Waals surface area contributed by atoms with Gasteiger partial charge in [0.2, 0.25) is 11.7 Å². The van der Waals surface area contributed by atoms with Crippen LogP contribution in [0.2, 0.25) is 0 Å². The third-order valence-corrected chi connectivity index (χ3v) is 4.94. The molecular formula is C21H19F5N2O. The number of amides is 1. The largest absolute Gasteiger partial charge is 0.273 e. The summed E-state index contributed by atoms with van der Waals surface area (Å²) in [5.41, 5.74) is 3.04. The van der Waals surface area contributed by atoms with Crippen molar-refractivity contribution in [3.05, 3.63) is 70.0 Å². The summed E-state index contributed by atoms with van der Waals surface area (Å²) in [7, 11) is 0. The van der Waals surface area contributed by atoms with Gasteiger partial charge in [-0.05, 0) is 28.9 Å². The molecular weight excluding hydrogens is 391 g/mol. The molecule has 1 aliphatic carbocycles. The summed E-state index contributed by atoms with van der Waals surface area (Å²) in [4.78, 5) is 12.1. The van der Waals surface area contributed by atoms with Gasteiger partial charge in [0.1, 0.15) is 0 Å². The average molecular weight is 410 g/mol. The minimum absolute atomic E-state index is 0.00611. The first-order chi connectivity index (χ1) is 13.5. The number of nitrogens with zero attached hydrogens (tertiary/aromatic N) is 1. The van der Waals surface area contributed by atoms with E-state index in [9.17, 15) is 26.7 Å². The summed E-state index contributed by atoms with van der Waals surface area (Å²) in [5, 5.41) is 3.35. The Hall–Kier alpha value is -2.77. The minimum Gasteiger partial charge on any atom is -0.273 e. The van der Waals surface area contributed by atoms with Crippen LogP contribution in [0, 0.1) is 35.0 Å². The summed E-state index contributed by atoms with van der Waals surface area (Å²) in [6.45, 7) is 6.29. The van der Waals surface area contributed by atoms with Gasteiger partial charge in [-0.3, -0.25) is 4.79 Å². The maximum absolute atomic E-state index is 13.6. The first-order valence-electron chi connectivity index (χ1n) is 8.97. The van der Waals surface area contributed by atoms with Crippen molar-refractivity contribution in [3.63, 3.8) is 0 Å². The highest BCUT2D eigenvalue weighted by molar-refractivity contribution is 5.85. The van der Waals surface area contributed by atoms with E-state index in [0.717, 1.165) is 11.1 Å². The van der Waals surface area contributed by atoms with E-state index in [2.05, 4.69) is 31.3 Å². The molecule has 1 saturated carbocycles. The minimum atomic E-state index is -2.25. The lowest BCUT2D eigenvalue weighted by atomic mass is 9.86. The van der Waals surface area contributed by atoms with Crippen molar-refractivity contribution >= 4 is 12.1 Å². The highest BCUT2D eigenvalue weighted by atomic mass is 19.2. The summed E-state index contributed by atoms with van der Waals surface area (Å²) >= 11 is 0. The molecule has 0 spiro atoms. The first-order valence-corrected chi connectivity index (χ1v) is 8.97. The second-order valence-electron chi connectivity index (χ2n) is 8.04. The van der Waals surface area contributed by atoms with Crippen LogP contribution in [0.5, 0.6) is 0 Å². The third kappa shape index (κ3) is 4.16. The van der Waals surface area contributed by atoms with Crippen LogP contribution in [0.15, 0.2) is 29.4 Å². The smallest absolute Gasteiger partial charge is 0.243 e. The molecule has 0 radical (unpaired) electrons. The molecule has 0 aromatic heterocycles. The number of rotatable bonds is 4. The molecule has 3 rings (SSSR count). The number of nitrogens with one attached hydrogen (secondary N) is 1. The van der Waals surface area contributed by atoms with Crippen molar-refractivity contribution in [3.8, 4) is 0 Å². The zero-order valence-corrected chi connectivity index (χ0v) is 16.0. The van der Waals surface area contributed by atoms with Gasteiger partial charge in [0.25, 0.3) is 0 Å². The number of hydrogen-bond acceptors (Lipinski definition) is 2. The molecule has 3 nitrogen and oxygen atoms in total. The number of benzene rings is 2. The van der Waals surface area contributed by atoms with E-state index in [1.165, 1.54) is 0 Å². The van der Waals surface area contributed by atoms with Crippen molar-refractivity contribution in [2.24, 2.45) is 11.0 Å². The molecule has 1 fully saturated rings. The van der Waals surface area contributed by atoms with Crippen molar-refractivity contribution in [1.82, 2.24) is 5.43 Å². The molecule has 1 amide bonds. The Morgan fingerprint density at radius 1 is 0.966 bits per heavy atom. The predicted molar refractivity (Wildman–Crippen MR) is 98.0 cm³/mol. The van der Waals surface area contributed by atoms with E-state index in [1.807, 2.05) is 24.3 Å². The molecule has 0 saturated heterocycles. The molecule has 0 aliphatic heterocycles. The quantitative estimate of drug-likeness (QED) is 0.251. The Kier molecular flexibility index (Phi) is 5.47. The van der Waals surface area contributed by atoms with Crippen LogP contribution >= 0.6 is 0 Å². The predicted octanol–water partition coefficient (Wildman–Crippen LogP) is 4.93. The fourth-order valence-corrected chi connectivity index (χ4v) is 3.06. The van der Waals surface area contributed by atoms with E-state index < -0.39 is 40.6 Å². The molecule has 1 N–H and O–H groups in total. The molecule has 0 unspecified atom stereocenters. The maximum Gasteiger partial charge on any atom is 0.243 e. The maximum atomic E-state index is 13.6. The number of hydrogen-bond donors (Lipinski definition) is 1. The van der Waals surface area contributed by atoms with Crippen LogP contribution < -0.4 is 5.43 Å². The Morgan fingerprint density at radius 3 is 2.00 bits per heavy atom. The van der Waals surface area contributed by atoms with Crippen LogP contribution in [0.3, 0.4) is 0 Å². The Balaban J connectivity index is 1.65. The van der Waals surface area contributed by atoms with Gasteiger partial charge in [-0.2, -0.15) is 5.10 Å². The van der Waals surface area contributed by atoms with E-state index in [1.54, 1.807) is 0 Å². The highest BCUT2D eigenvalue weighted by Crippen LogP contribution is 2.47. The molecule has 0 bridgehead atoms. The van der Waals surface area contributed by atoms with Crippen LogP contribution in [-0.4, -0.2) is 12.1 Å². The zero-order valence-electron chi connectivity index (χ0n) is 16.0. The normalized spacial score (nSPS) is 18.9. The number of halogens is 5. The Bertz CT molecular complexity index is 951. The van der Waals surface area contributed by atoms with E-state index in [4.69, 9.17) is 0 Å². The van der Waals surface area contributed by atoms with Crippen LogP contribution in [-0.2, 0) is 10.2 Å². The fourth-order valence-electron chi connectivity index (χ4n) is 3.06. The van der Waals surface area contributed by atoms with E-state index in [-0.39, 0.29) is 17.3 Å². The molecule has 1 aliphatic rings. The van der Waals surface area contributed by atoms with E-state index in [0.29, 0.717) is 12.6 Å². The van der Waals surface area contributed by atoms with Crippen molar-refractivity contribution in [2.45, 2.75) is 38.5 Å². The van der Waals surface area contributed by atoms with Gasteiger partial charge >= 0.3 is 0 Å². The standard InChI is InChI=1S/C21H19F5N2O/c1-21(2,3)11-6-4-10(5-7-11)12-8-13(12)20(29)28-27-9-14-15(22)17(24)19(26)18(25)16(14)23/h4-7,9,12-13H,8H2,1-3H3,(H,28,29)/b27-9+/t12-,13-/m0/s1. The molecule has 2 aromatic carbocycles. The second-order valence-corrected chi connectivity index (χ2v) is 8.04. The van der Waals surface area contributed by atoms with Gasteiger partial charge in [-0.25, -0.2) is 27.4 Å². The lowest BCUT2D eigenvalue weighted by Crippen LogP contribution is -2.20. The van der Waals surface area contributed by atoms with Gasteiger partial charge in [0, 0.05) is 5.92 Å². The van der Waals surface area contributed by atoms with Crippen molar-refractivity contribution < 1.29 is 26.7 Å². The van der Waals surface area contributed by atoms with Crippen LogP contribution in [0.1, 0.15) is 49.8 Å². The molecule has 2 aromatic rings. The lowest BCUT2D eigenvalue weighted by Gasteiger charge is -2.19. The van der Waals surface area contributed by atoms with Crippen molar-refractivity contribution in [2.75, 3.05) is 0 Å². The lowest BCUT2D eigenvalue weighted by molar-refractivity contribution is -0.122. The van der Waals surface area contributed by atoms with Crippen LogP contribution in [0.4, 0.5) is 22.0 Å². The van der Waals surface area contributed by atoms with Gasteiger partial charge < -0.3 is 0 Å². The molecule has 29 heavy (non-hydrogen) atoms. The monoisotopic (exact) mass is 410 g/mol. The third-order valence-electron chi connectivity index (χ3n) is 4.94. The summed E-state index contributed by atoms with van der Waals surface area (Å²) < 4.78 is 66.5. The molecule has 2 atom stereocenters. The SMILES string of the molecule is CC(C)(C)c1ccc([C@@H]2C[C@@H]2C(=O)N/N=C/c2c(F)c(F)c(F)c(F)c2F)cc1. The van der Waals surface area contributed by atoms with Crippen LogP contribution in [0.25, 0.3) is 0 Å². The van der Waals surface area contributed by atoms with Gasteiger partial charge in [0.15, 0.2) is 23.3 Å². The summed E-state index contributed by atoms with van der Waals surface area (Å²) in [6, 6.07) is 7.92. The van der Waals surface area contributed by atoms with Gasteiger partial charge in [0.05, 0.1) is 11.8 Å². The Morgan fingerprint density at radius 2 is 1.48 bits per heavy atom. The number of carbonyl (C=O) groups excluding carboxylic acids is 1. The fraction of sp³-hybridized carbons (Fsp3) is 0.333. The van der Waals surface area contributed by atoms with Gasteiger partial charge in [-0.15, -0.1) is 0 Å². The number of carbonyl (C=O) groups is 1. The molecule has 154 valence electrons. The zero-order chi connectivity index (χ0) is 21.5. The average Bonchev–Trinajstić information content (AvgIpc) is 3.48.